The molecule has 0 aromatic carbocycles. The first kappa shape index (κ1) is 9.52. The quantitative estimate of drug-likeness (QED) is 0.656. The fourth-order valence-corrected chi connectivity index (χ4v) is 1.57. The Kier molecular flexibility index (Phi) is 3.09. The molecule has 1 atom stereocenters. The van der Waals surface area contributed by atoms with Crippen LogP contribution in [0.1, 0.15) is 26.2 Å². The first-order valence-corrected chi connectivity index (χ1v) is 4.64. The van der Waals surface area contributed by atoms with Crippen LogP contribution in [0.4, 0.5) is 0 Å². The summed E-state index contributed by atoms with van der Waals surface area (Å²) in [5.74, 6) is 0.629. The van der Waals surface area contributed by atoms with Crippen LogP contribution in [0, 0.1) is 5.92 Å². The average Bonchev–Trinajstić information content (AvgIpc) is 2.71. The number of carbonyl (C=O) groups is 1. The molecular formula is C9H18N2O. The molecular weight excluding hydrogens is 152 g/mol. The van der Waals surface area contributed by atoms with Gasteiger partial charge < -0.3 is 5.73 Å². The van der Waals surface area contributed by atoms with E-state index < -0.39 is 0 Å². The Morgan fingerprint density at radius 2 is 2.25 bits per heavy atom. The van der Waals surface area contributed by atoms with Gasteiger partial charge in [-0.25, -0.2) is 0 Å². The molecule has 1 fully saturated rings. The van der Waals surface area contributed by atoms with Crippen molar-refractivity contribution in [1.29, 1.82) is 0 Å². The number of rotatable bonds is 5. The Hall–Kier alpha value is -0.570. The molecule has 0 heterocycles. The van der Waals surface area contributed by atoms with Crippen molar-refractivity contribution in [2.24, 2.45) is 11.7 Å². The van der Waals surface area contributed by atoms with Crippen molar-refractivity contribution in [1.82, 2.24) is 4.90 Å². The van der Waals surface area contributed by atoms with Gasteiger partial charge in [-0.1, -0.05) is 6.92 Å². The molecule has 1 amide bonds. The lowest BCUT2D eigenvalue weighted by Crippen LogP contribution is -2.42. The van der Waals surface area contributed by atoms with Gasteiger partial charge in [0.2, 0.25) is 5.91 Å². The summed E-state index contributed by atoms with van der Waals surface area (Å²) in [4.78, 5) is 13.0. The summed E-state index contributed by atoms with van der Waals surface area (Å²) < 4.78 is 0. The van der Waals surface area contributed by atoms with E-state index in [2.05, 4.69) is 4.90 Å². The van der Waals surface area contributed by atoms with Crippen molar-refractivity contribution in [2.75, 3.05) is 13.6 Å². The number of carbonyl (C=O) groups excluding carboxylic acids is 1. The molecule has 1 aliphatic carbocycles. The van der Waals surface area contributed by atoms with Gasteiger partial charge in [0, 0.05) is 6.54 Å². The second-order valence-corrected chi connectivity index (χ2v) is 3.71. The molecule has 1 rings (SSSR count). The highest BCUT2D eigenvalue weighted by Crippen LogP contribution is 2.29. The van der Waals surface area contributed by atoms with E-state index in [4.69, 9.17) is 5.73 Å². The Labute approximate surface area is 73.9 Å². The summed E-state index contributed by atoms with van der Waals surface area (Å²) in [5, 5.41) is 0. The Morgan fingerprint density at radius 1 is 1.67 bits per heavy atom. The smallest absolute Gasteiger partial charge is 0.234 e. The number of likely N-dealkylation sites (N-methyl/N-ethyl adjacent to an activating group) is 1. The van der Waals surface area contributed by atoms with Crippen LogP contribution >= 0.6 is 0 Å². The summed E-state index contributed by atoms with van der Waals surface area (Å²) in [6.07, 6.45) is 3.46. The number of hydrogen-bond acceptors (Lipinski definition) is 2. The van der Waals surface area contributed by atoms with Crippen molar-refractivity contribution in [2.45, 2.75) is 32.2 Å². The van der Waals surface area contributed by atoms with Crippen LogP contribution in [0.2, 0.25) is 0 Å². The second kappa shape index (κ2) is 3.90. The van der Waals surface area contributed by atoms with Gasteiger partial charge in [-0.2, -0.15) is 0 Å². The summed E-state index contributed by atoms with van der Waals surface area (Å²) in [5.41, 5.74) is 5.26. The van der Waals surface area contributed by atoms with Crippen LogP contribution in [0.15, 0.2) is 0 Å². The highest BCUT2D eigenvalue weighted by Gasteiger charge is 2.27. The third kappa shape index (κ3) is 2.48. The van der Waals surface area contributed by atoms with Crippen LogP contribution in [-0.2, 0) is 4.79 Å². The first-order chi connectivity index (χ1) is 5.65. The van der Waals surface area contributed by atoms with Gasteiger partial charge in [-0.05, 0) is 32.2 Å². The fraction of sp³-hybridized carbons (Fsp3) is 0.889. The molecule has 0 saturated heterocycles. The third-order valence-electron chi connectivity index (χ3n) is 2.49. The largest absolute Gasteiger partial charge is 0.368 e. The minimum absolute atomic E-state index is 0.0643. The molecule has 3 nitrogen and oxygen atoms in total. The average molecular weight is 170 g/mol. The molecule has 1 saturated carbocycles. The SMILES string of the molecule is CCC(C(N)=O)N(C)CC1CC1. The molecule has 1 unspecified atom stereocenters. The Bertz CT molecular complexity index is 166. The molecule has 3 heteroatoms. The Balaban J connectivity index is 2.34. The molecule has 70 valence electrons. The van der Waals surface area contributed by atoms with Crippen molar-refractivity contribution in [3.8, 4) is 0 Å². The monoisotopic (exact) mass is 170 g/mol. The number of nitrogens with zero attached hydrogens (tertiary/aromatic N) is 1. The number of amides is 1. The predicted octanol–water partition coefficient (Wildman–Crippen LogP) is 0.592. The molecule has 0 aromatic heterocycles. The highest BCUT2D eigenvalue weighted by atomic mass is 16.1. The minimum Gasteiger partial charge on any atom is -0.368 e. The van der Waals surface area contributed by atoms with Gasteiger partial charge in [0.25, 0.3) is 0 Å². The van der Waals surface area contributed by atoms with E-state index in [1.807, 2.05) is 14.0 Å². The fourth-order valence-electron chi connectivity index (χ4n) is 1.57. The van der Waals surface area contributed by atoms with Gasteiger partial charge in [0.15, 0.2) is 0 Å². The molecule has 0 radical (unpaired) electrons. The zero-order chi connectivity index (χ0) is 9.14. The van der Waals surface area contributed by atoms with Crippen molar-refractivity contribution in [3.05, 3.63) is 0 Å². The maximum absolute atomic E-state index is 11.0. The Morgan fingerprint density at radius 3 is 2.58 bits per heavy atom. The van der Waals surface area contributed by atoms with E-state index in [0.717, 1.165) is 18.9 Å². The lowest BCUT2D eigenvalue weighted by molar-refractivity contribution is -0.122. The minimum atomic E-state index is -0.194. The van der Waals surface area contributed by atoms with E-state index in [9.17, 15) is 4.79 Å². The van der Waals surface area contributed by atoms with Gasteiger partial charge in [-0.15, -0.1) is 0 Å². The molecule has 0 spiro atoms. The van der Waals surface area contributed by atoms with Crippen LogP contribution in [-0.4, -0.2) is 30.4 Å². The van der Waals surface area contributed by atoms with Gasteiger partial charge in [-0.3, -0.25) is 9.69 Å². The normalized spacial score (nSPS) is 19.6. The van der Waals surface area contributed by atoms with Crippen LogP contribution < -0.4 is 5.73 Å². The summed E-state index contributed by atoms with van der Waals surface area (Å²) >= 11 is 0. The number of primary amides is 1. The van der Waals surface area contributed by atoms with Crippen LogP contribution in [0.3, 0.4) is 0 Å². The number of hydrogen-bond donors (Lipinski definition) is 1. The molecule has 0 aliphatic heterocycles. The van der Waals surface area contributed by atoms with E-state index in [1.54, 1.807) is 0 Å². The van der Waals surface area contributed by atoms with E-state index in [0.29, 0.717) is 0 Å². The highest BCUT2D eigenvalue weighted by molar-refractivity contribution is 5.79. The zero-order valence-electron chi connectivity index (χ0n) is 7.92. The standard InChI is InChI=1S/C9H18N2O/c1-3-8(9(10)12)11(2)6-7-4-5-7/h7-8H,3-6H2,1-2H3,(H2,10,12). The number of nitrogens with two attached hydrogens (primary N) is 1. The lowest BCUT2D eigenvalue weighted by atomic mass is 10.2. The van der Waals surface area contributed by atoms with E-state index >= 15 is 0 Å². The van der Waals surface area contributed by atoms with Gasteiger partial charge in [0.1, 0.15) is 0 Å². The maximum Gasteiger partial charge on any atom is 0.234 e. The summed E-state index contributed by atoms with van der Waals surface area (Å²) in [7, 11) is 1.98. The van der Waals surface area contributed by atoms with E-state index in [1.165, 1.54) is 12.8 Å². The molecule has 0 bridgehead atoms. The molecule has 12 heavy (non-hydrogen) atoms. The van der Waals surface area contributed by atoms with E-state index in [-0.39, 0.29) is 11.9 Å². The van der Waals surface area contributed by atoms with Crippen LogP contribution in [0.5, 0.6) is 0 Å². The predicted molar refractivity (Wildman–Crippen MR) is 48.6 cm³/mol. The first-order valence-electron chi connectivity index (χ1n) is 4.64. The van der Waals surface area contributed by atoms with Crippen LogP contribution in [0.25, 0.3) is 0 Å². The summed E-state index contributed by atoms with van der Waals surface area (Å²) in [6, 6.07) is -0.0643. The van der Waals surface area contributed by atoms with Crippen molar-refractivity contribution >= 4 is 5.91 Å². The zero-order valence-corrected chi connectivity index (χ0v) is 7.92. The third-order valence-corrected chi connectivity index (χ3v) is 2.49. The molecule has 1 aliphatic rings. The molecule has 2 N–H and O–H groups in total. The lowest BCUT2D eigenvalue weighted by Gasteiger charge is -2.23. The molecule has 0 aromatic rings. The topological polar surface area (TPSA) is 46.3 Å². The second-order valence-electron chi connectivity index (χ2n) is 3.71. The van der Waals surface area contributed by atoms with Gasteiger partial charge in [0.05, 0.1) is 6.04 Å². The summed E-state index contributed by atoms with van der Waals surface area (Å²) in [6.45, 7) is 3.03. The maximum atomic E-state index is 11.0. The van der Waals surface area contributed by atoms with Gasteiger partial charge >= 0.3 is 0 Å². The van der Waals surface area contributed by atoms with Crippen molar-refractivity contribution < 1.29 is 4.79 Å². The van der Waals surface area contributed by atoms with Crippen molar-refractivity contribution in [3.63, 3.8) is 0 Å².